The summed E-state index contributed by atoms with van der Waals surface area (Å²) in [5, 5.41) is 15.0. The van der Waals surface area contributed by atoms with Crippen LogP contribution < -0.4 is 15.4 Å². The van der Waals surface area contributed by atoms with E-state index in [2.05, 4.69) is 24.5 Å². The number of methoxy groups -OCH3 is 1. The van der Waals surface area contributed by atoms with E-state index in [1.165, 1.54) is 6.20 Å². The molecule has 2 N–H and O–H groups in total. The first kappa shape index (κ1) is 18.6. The minimum Gasteiger partial charge on any atom is -0.497 e. The van der Waals surface area contributed by atoms with Crippen molar-refractivity contribution in [3.8, 4) is 11.8 Å². The lowest BCUT2D eigenvalue weighted by Crippen LogP contribution is -2.28. The highest BCUT2D eigenvalue weighted by Crippen LogP contribution is 2.17. The van der Waals surface area contributed by atoms with Crippen LogP contribution in [0.4, 0.5) is 0 Å². The van der Waals surface area contributed by atoms with E-state index in [1.54, 1.807) is 7.11 Å². The number of rotatable bonds is 8. The van der Waals surface area contributed by atoms with Crippen molar-refractivity contribution in [1.29, 1.82) is 5.26 Å². The molecule has 0 bridgehead atoms. The number of hydrogen-bond donors (Lipinski definition) is 2. The van der Waals surface area contributed by atoms with Gasteiger partial charge in [0.2, 0.25) is 0 Å². The van der Waals surface area contributed by atoms with Crippen LogP contribution in [-0.4, -0.2) is 19.6 Å². The summed E-state index contributed by atoms with van der Waals surface area (Å²) in [5.41, 5.74) is 1.03. The van der Waals surface area contributed by atoms with E-state index in [-0.39, 0.29) is 17.5 Å². The summed E-state index contributed by atoms with van der Waals surface area (Å²) < 4.78 is 5.11. The Bertz CT molecular complexity index is 571. The average Bonchev–Trinajstić information content (AvgIpc) is 2.54. The second-order valence-corrected chi connectivity index (χ2v) is 5.77. The van der Waals surface area contributed by atoms with E-state index in [9.17, 15) is 4.79 Å². The molecule has 1 atom stereocenters. The predicted octanol–water partition coefficient (Wildman–Crippen LogP) is 2.92. The minimum atomic E-state index is -0.382. The maximum Gasteiger partial charge on any atom is 0.263 e. The number of amides is 1. The largest absolute Gasteiger partial charge is 0.497 e. The molecule has 1 aromatic carbocycles. The van der Waals surface area contributed by atoms with Crippen molar-refractivity contribution in [2.75, 3.05) is 13.7 Å². The summed E-state index contributed by atoms with van der Waals surface area (Å²) in [6, 6.07) is 9.20. The molecule has 0 aliphatic carbocycles. The molecule has 1 rings (SSSR count). The van der Waals surface area contributed by atoms with Gasteiger partial charge in [0.1, 0.15) is 17.4 Å². The third kappa shape index (κ3) is 6.43. The van der Waals surface area contributed by atoms with Gasteiger partial charge in [0.25, 0.3) is 5.91 Å². The van der Waals surface area contributed by atoms with Crippen LogP contribution in [-0.2, 0) is 4.79 Å². The highest BCUT2D eigenvalue weighted by atomic mass is 16.5. The highest BCUT2D eigenvalue weighted by Gasteiger charge is 2.13. The van der Waals surface area contributed by atoms with Gasteiger partial charge in [0.05, 0.1) is 13.2 Å². The van der Waals surface area contributed by atoms with Crippen molar-refractivity contribution < 1.29 is 9.53 Å². The maximum atomic E-state index is 12.1. The number of benzene rings is 1. The SMILES string of the molecule is COc1ccc(C(C)NC(=O)/C(C#N)=C\NCCC(C)C)cc1. The molecule has 0 fully saturated rings. The van der Waals surface area contributed by atoms with Crippen molar-refractivity contribution in [3.05, 3.63) is 41.6 Å². The predicted molar refractivity (Wildman–Crippen MR) is 90.7 cm³/mol. The zero-order valence-corrected chi connectivity index (χ0v) is 14.2. The van der Waals surface area contributed by atoms with E-state index >= 15 is 0 Å². The molecule has 0 radical (unpaired) electrons. The number of carbonyl (C=O) groups is 1. The molecule has 5 heteroatoms. The molecule has 124 valence electrons. The number of hydrogen-bond acceptors (Lipinski definition) is 4. The standard InChI is InChI=1S/C18H25N3O2/c1-13(2)9-10-20-12-16(11-19)18(22)21-14(3)15-5-7-17(23-4)8-6-15/h5-8,12-14,20H,9-10H2,1-4H3,(H,21,22)/b16-12-. The zero-order valence-electron chi connectivity index (χ0n) is 14.2. The van der Waals surface area contributed by atoms with Crippen molar-refractivity contribution in [3.63, 3.8) is 0 Å². The van der Waals surface area contributed by atoms with Gasteiger partial charge in [0.15, 0.2) is 0 Å². The van der Waals surface area contributed by atoms with Crippen LogP contribution >= 0.6 is 0 Å². The Morgan fingerprint density at radius 2 is 1.96 bits per heavy atom. The Labute approximate surface area is 138 Å². The molecule has 1 amide bonds. The highest BCUT2D eigenvalue weighted by molar-refractivity contribution is 5.97. The van der Waals surface area contributed by atoms with Gasteiger partial charge >= 0.3 is 0 Å². The van der Waals surface area contributed by atoms with Crippen molar-refractivity contribution in [2.24, 2.45) is 5.92 Å². The van der Waals surface area contributed by atoms with Crippen LogP contribution in [0.25, 0.3) is 0 Å². The average molecular weight is 315 g/mol. The van der Waals surface area contributed by atoms with Gasteiger partial charge < -0.3 is 15.4 Å². The molecule has 1 aromatic rings. The number of nitrogens with one attached hydrogen (secondary N) is 2. The van der Waals surface area contributed by atoms with Gasteiger partial charge in [-0.3, -0.25) is 4.79 Å². The fourth-order valence-corrected chi connectivity index (χ4v) is 1.95. The van der Waals surface area contributed by atoms with Crippen molar-refractivity contribution in [2.45, 2.75) is 33.2 Å². The first-order valence-electron chi connectivity index (χ1n) is 7.76. The van der Waals surface area contributed by atoms with Gasteiger partial charge in [-0.15, -0.1) is 0 Å². The van der Waals surface area contributed by atoms with Crippen molar-refractivity contribution in [1.82, 2.24) is 10.6 Å². The quantitative estimate of drug-likeness (QED) is 0.439. The van der Waals surface area contributed by atoms with Gasteiger partial charge in [-0.1, -0.05) is 26.0 Å². The molecule has 0 spiro atoms. The monoisotopic (exact) mass is 315 g/mol. The Morgan fingerprint density at radius 3 is 2.48 bits per heavy atom. The van der Waals surface area contributed by atoms with Crippen LogP contribution in [0.1, 0.15) is 38.8 Å². The van der Waals surface area contributed by atoms with Gasteiger partial charge in [0, 0.05) is 12.7 Å². The number of carbonyl (C=O) groups excluding carboxylic acids is 1. The number of nitriles is 1. The van der Waals surface area contributed by atoms with E-state index in [1.807, 2.05) is 37.3 Å². The molecule has 0 heterocycles. The molecule has 0 aliphatic heterocycles. The Kier molecular flexibility index (Phi) is 7.69. The summed E-state index contributed by atoms with van der Waals surface area (Å²) in [6.07, 6.45) is 2.47. The second kappa shape index (κ2) is 9.52. The summed E-state index contributed by atoms with van der Waals surface area (Å²) in [7, 11) is 1.61. The van der Waals surface area contributed by atoms with E-state index in [4.69, 9.17) is 10.00 Å². The van der Waals surface area contributed by atoms with Crippen LogP contribution in [0.15, 0.2) is 36.0 Å². The first-order chi connectivity index (χ1) is 11.0. The smallest absolute Gasteiger partial charge is 0.263 e. The van der Waals surface area contributed by atoms with Gasteiger partial charge in [-0.25, -0.2) is 0 Å². The van der Waals surface area contributed by atoms with Crippen LogP contribution in [0, 0.1) is 17.2 Å². The Morgan fingerprint density at radius 1 is 1.30 bits per heavy atom. The number of nitrogens with zero attached hydrogens (tertiary/aromatic N) is 1. The maximum absolute atomic E-state index is 12.1. The second-order valence-electron chi connectivity index (χ2n) is 5.77. The van der Waals surface area contributed by atoms with E-state index < -0.39 is 0 Å². The van der Waals surface area contributed by atoms with Crippen molar-refractivity contribution >= 4 is 5.91 Å². The Hall–Kier alpha value is -2.48. The molecule has 23 heavy (non-hydrogen) atoms. The van der Waals surface area contributed by atoms with Crippen LogP contribution in [0.3, 0.4) is 0 Å². The van der Waals surface area contributed by atoms with Gasteiger partial charge in [-0.05, 0) is 37.0 Å². The fraction of sp³-hybridized carbons (Fsp3) is 0.444. The number of ether oxygens (including phenoxy) is 1. The first-order valence-corrected chi connectivity index (χ1v) is 7.76. The third-order valence-corrected chi connectivity index (χ3v) is 3.44. The van der Waals surface area contributed by atoms with E-state index in [0.717, 1.165) is 24.3 Å². The van der Waals surface area contributed by atoms with Crippen LogP contribution in [0.5, 0.6) is 5.75 Å². The molecule has 0 saturated heterocycles. The summed E-state index contributed by atoms with van der Waals surface area (Å²) >= 11 is 0. The summed E-state index contributed by atoms with van der Waals surface area (Å²) in [5.74, 6) is 0.956. The molecule has 0 saturated carbocycles. The molecule has 5 nitrogen and oxygen atoms in total. The lowest BCUT2D eigenvalue weighted by molar-refractivity contribution is -0.117. The molecule has 1 unspecified atom stereocenters. The topological polar surface area (TPSA) is 74.1 Å². The minimum absolute atomic E-state index is 0.0779. The zero-order chi connectivity index (χ0) is 17.2. The fourth-order valence-electron chi connectivity index (χ4n) is 1.95. The third-order valence-electron chi connectivity index (χ3n) is 3.44. The molecular formula is C18H25N3O2. The lowest BCUT2D eigenvalue weighted by Gasteiger charge is -2.14. The lowest BCUT2D eigenvalue weighted by atomic mass is 10.1. The molecule has 0 aliphatic rings. The summed E-state index contributed by atoms with van der Waals surface area (Å²) in [4.78, 5) is 12.1. The van der Waals surface area contributed by atoms with Crippen LogP contribution in [0.2, 0.25) is 0 Å². The van der Waals surface area contributed by atoms with Gasteiger partial charge in [-0.2, -0.15) is 5.26 Å². The Balaban J connectivity index is 2.60. The normalized spacial score (nSPS) is 12.4. The van der Waals surface area contributed by atoms with E-state index in [0.29, 0.717) is 5.92 Å². The molecular weight excluding hydrogens is 290 g/mol. The molecule has 0 aromatic heterocycles. The summed E-state index contributed by atoms with van der Waals surface area (Å²) in [6.45, 7) is 6.87.